The smallest absolute Gasteiger partial charge is 0.239 e. The van der Waals surface area contributed by atoms with Crippen LogP contribution in [0.25, 0.3) is 0 Å². The molecular formula is C12H24ClN3O2. The van der Waals surface area contributed by atoms with Crippen molar-refractivity contribution in [2.75, 3.05) is 13.1 Å². The van der Waals surface area contributed by atoms with Crippen LogP contribution in [0.1, 0.15) is 39.5 Å². The van der Waals surface area contributed by atoms with E-state index in [1.165, 1.54) is 0 Å². The Bertz CT molecular complexity index is 289. The van der Waals surface area contributed by atoms with E-state index in [1.807, 2.05) is 0 Å². The number of carbonyl (C=O) groups is 2. The lowest BCUT2D eigenvalue weighted by Gasteiger charge is -2.37. The van der Waals surface area contributed by atoms with Crippen LogP contribution in [0.2, 0.25) is 0 Å². The first-order chi connectivity index (χ1) is 7.95. The Hall–Kier alpha value is -0.810. The van der Waals surface area contributed by atoms with Gasteiger partial charge < -0.3 is 16.4 Å². The summed E-state index contributed by atoms with van der Waals surface area (Å²) in [6.45, 7) is 4.24. The molecule has 5 nitrogen and oxygen atoms in total. The van der Waals surface area contributed by atoms with E-state index in [4.69, 9.17) is 5.73 Å². The summed E-state index contributed by atoms with van der Waals surface area (Å²) in [4.78, 5) is 22.6. The minimum atomic E-state index is -0.303. The molecule has 0 aromatic carbocycles. The van der Waals surface area contributed by atoms with Crippen molar-refractivity contribution in [3.8, 4) is 0 Å². The first-order valence-electron chi connectivity index (χ1n) is 6.23. The third-order valence-corrected chi connectivity index (χ3v) is 3.45. The zero-order valence-corrected chi connectivity index (χ0v) is 11.9. The van der Waals surface area contributed by atoms with Crippen LogP contribution in [0.15, 0.2) is 0 Å². The van der Waals surface area contributed by atoms with Crippen LogP contribution in [0.3, 0.4) is 0 Å². The van der Waals surface area contributed by atoms with E-state index in [9.17, 15) is 9.59 Å². The van der Waals surface area contributed by atoms with Gasteiger partial charge in [0.2, 0.25) is 11.8 Å². The Labute approximate surface area is 115 Å². The molecule has 2 amide bonds. The molecule has 18 heavy (non-hydrogen) atoms. The number of hydrogen-bond acceptors (Lipinski definition) is 3. The number of rotatable bonds is 4. The summed E-state index contributed by atoms with van der Waals surface area (Å²) in [7, 11) is 0. The molecule has 1 saturated carbocycles. The maximum absolute atomic E-state index is 11.7. The number of carbonyl (C=O) groups excluding carboxylic acids is 2. The third-order valence-electron chi connectivity index (χ3n) is 3.45. The van der Waals surface area contributed by atoms with Crippen LogP contribution in [-0.2, 0) is 9.59 Å². The lowest BCUT2D eigenvalue weighted by Crippen LogP contribution is -2.51. The third kappa shape index (κ3) is 5.69. The molecule has 1 aliphatic carbocycles. The van der Waals surface area contributed by atoms with Crippen LogP contribution >= 0.6 is 12.4 Å². The van der Waals surface area contributed by atoms with Crippen molar-refractivity contribution in [1.82, 2.24) is 10.6 Å². The van der Waals surface area contributed by atoms with E-state index in [1.54, 1.807) is 0 Å². The number of nitrogens with one attached hydrogen (secondary N) is 2. The van der Waals surface area contributed by atoms with Crippen molar-refractivity contribution in [2.45, 2.75) is 45.1 Å². The van der Waals surface area contributed by atoms with Gasteiger partial charge in [-0.3, -0.25) is 9.59 Å². The Balaban J connectivity index is 0.00000289. The average Bonchev–Trinajstić information content (AvgIpc) is 2.30. The first-order valence-corrected chi connectivity index (χ1v) is 6.23. The highest BCUT2D eigenvalue weighted by atomic mass is 35.5. The van der Waals surface area contributed by atoms with E-state index in [2.05, 4.69) is 24.5 Å². The molecule has 6 heteroatoms. The fraction of sp³-hybridized carbons (Fsp3) is 0.833. The molecular weight excluding hydrogens is 254 g/mol. The quantitative estimate of drug-likeness (QED) is 0.702. The monoisotopic (exact) mass is 277 g/mol. The van der Waals surface area contributed by atoms with Gasteiger partial charge in [-0.1, -0.05) is 6.92 Å². The van der Waals surface area contributed by atoms with Crippen LogP contribution in [-0.4, -0.2) is 30.4 Å². The molecule has 0 radical (unpaired) electrons. The molecule has 0 aromatic rings. The maximum Gasteiger partial charge on any atom is 0.239 e. The molecule has 0 spiro atoms. The molecule has 0 aromatic heterocycles. The van der Waals surface area contributed by atoms with Crippen molar-refractivity contribution >= 4 is 24.2 Å². The van der Waals surface area contributed by atoms with Gasteiger partial charge in [-0.15, -0.1) is 12.4 Å². The Morgan fingerprint density at radius 3 is 2.33 bits per heavy atom. The number of hydrogen-bond donors (Lipinski definition) is 3. The topological polar surface area (TPSA) is 84.2 Å². The van der Waals surface area contributed by atoms with Crippen LogP contribution in [0.5, 0.6) is 0 Å². The molecule has 1 fully saturated rings. The summed E-state index contributed by atoms with van der Waals surface area (Å²) in [6, 6.07) is 0. The largest absolute Gasteiger partial charge is 0.349 e. The van der Waals surface area contributed by atoms with Gasteiger partial charge in [0.25, 0.3) is 0 Å². The van der Waals surface area contributed by atoms with Crippen molar-refractivity contribution in [3.05, 3.63) is 0 Å². The molecule has 0 atom stereocenters. The predicted molar refractivity (Wildman–Crippen MR) is 73.5 cm³/mol. The van der Waals surface area contributed by atoms with Crippen molar-refractivity contribution in [3.63, 3.8) is 0 Å². The van der Waals surface area contributed by atoms with Gasteiger partial charge in [0.1, 0.15) is 0 Å². The van der Waals surface area contributed by atoms with Gasteiger partial charge in [0.15, 0.2) is 0 Å². The summed E-state index contributed by atoms with van der Waals surface area (Å²) in [5.41, 5.74) is 5.03. The fourth-order valence-electron chi connectivity index (χ4n) is 2.16. The normalized spacial score (nSPS) is 26.9. The minimum absolute atomic E-state index is 0. The molecule has 0 heterocycles. The summed E-state index contributed by atoms with van der Waals surface area (Å²) in [5, 5.41) is 5.47. The molecule has 0 bridgehead atoms. The summed E-state index contributed by atoms with van der Waals surface area (Å²) < 4.78 is 0. The van der Waals surface area contributed by atoms with Gasteiger partial charge in [0, 0.05) is 5.54 Å². The predicted octanol–water partition coefficient (Wildman–Crippen LogP) is 0.568. The minimum Gasteiger partial charge on any atom is -0.349 e. The van der Waals surface area contributed by atoms with Gasteiger partial charge in [-0.05, 0) is 38.5 Å². The van der Waals surface area contributed by atoms with Crippen molar-refractivity contribution in [1.29, 1.82) is 0 Å². The van der Waals surface area contributed by atoms with Crippen LogP contribution in [0.4, 0.5) is 0 Å². The molecule has 1 rings (SSSR count). The highest BCUT2D eigenvalue weighted by Gasteiger charge is 2.30. The van der Waals surface area contributed by atoms with Gasteiger partial charge >= 0.3 is 0 Å². The Kier molecular flexibility index (Phi) is 7.25. The highest BCUT2D eigenvalue weighted by Crippen LogP contribution is 2.31. The van der Waals surface area contributed by atoms with Crippen molar-refractivity contribution < 1.29 is 9.59 Å². The average molecular weight is 278 g/mol. The van der Waals surface area contributed by atoms with Crippen LogP contribution < -0.4 is 16.4 Å². The molecule has 1 aliphatic rings. The Morgan fingerprint density at radius 1 is 1.28 bits per heavy atom. The molecule has 4 N–H and O–H groups in total. The molecule has 0 unspecified atom stereocenters. The molecule has 0 aliphatic heterocycles. The summed E-state index contributed by atoms with van der Waals surface area (Å²) in [5.74, 6) is 0.309. The maximum atomic E-state index is 11.7. The van der Waals surface area contributed by atoms with E-state index < -0.39 is 0 Å². The molecule has 106 valence electrons. The highest BCUT2D eigenvalue weighted by molar-refractivity contribution is 5.86. The first kappa shape index (κ1) is 17.2. The second kappa shape index (κ2) is 7.59. The zero-order chi connectivity index (χ0) is 12.9. The second-order valence-electron chi connectivity index (χ2n) is 5.27. The fourth-order valence-corrected chi connectivity index (χ4v) is 2.16. The Morgan fingerprint density at radius 2 is 1.83 bits per heavy atom. The lowest BCUT2D eigenvalue weighted by molar-refractivity contribution is -0.126. The molecule has 0 saturated heterocycles. The van der Waals surface area contributed by atoms with E-state index in [-0.39, 0.29) is 42.8 Å². The van der Waals surface area contributed by atoms with Crippen molar-refractivity contribution in [2.24, 2.45) is 11.7 Å². The number of halogens is 1. The summed E-state index contributed by atoms with van der Waals surface area (Å²) in [6.07, 6.45) is 4.30. The van der Waals surface area contributed by atoms with Gasteiger partial charge in [-0.2, -0.15) is 0 Å². The van der Waals surface area contributed by atoms with Gasteiger partial charge in [0.05, 0.1) is 13.1 Å². The SMILES string of the molecule is CC1CCC(C)(NC(=O)CNC(=O)CN)CC1.Cl. The standard InChI is InChI=1S/C12H23N3O2.ClH/c1-9-3-5-12(2,6-4-9)15-11(17)8-14-10(16)7-13;/h9H,3-8,13H2,1-2H3,(H,14,16)(H,15,17);1H. The van der Waals surface area contributed by atoms with E-state index >= 15 is 0 Å². The van der Waals surface area contributed by atoms with E-state index in [0.29, 0.717) is 0 Å². The summed E-state index contributed by atoms with van der Waals surface area (Å²) >= 11 is 0. The van der Waals surface area contributed by atoms with E-state index in [0.717, 1.165) is 31.6 Å². The second-order valence-corrected chi connectivity index (χ2v) is 5.27. The number of nitrogens with two attached hydrogens (primary N) is 1. The lowest BCUT2D eigenvalue weighted by atomic mass is 9.78. The zero-order valence-electron chi connectivity index (χ0n) is 11.1. The van der Waals surface area contributed by atoms with Crippen LogP contribution in [0, 0.1) is 5.92 Å². The van der Waals surface area contributed by atoms with Gasteiger partial charge in [-0.25, -0.2) is 0 Å². The number of amides is 2.